The van der Waals surface area contributed by atoms with Crippen molar-refractivity contribution >= 4 is 31.6 Å². The van der Waals surface area contributed by atoms with Gasteiger partial charge < -0.3 is 0 Å². The van der Waals surface area contributed by atoms with E-state index in [0.29, 0.717) is 4.90 Å². The van der Waals surface area contributed by atoms with Crippen molar-refractivity contribution in [3.8, 4) is 0 Å². The molecule has 23 heavy (non-hydrogen) atoms. The van der Waals surface area contributed by atoms with Crippen molar-refractivity contribution in [2.75, 3.05) is 0 Å². The number of thiazole rings is 1. The standard InChI is InChI=1S/C17H18N2O2S2/c1-2-5-13-8-10-14(11-9-13)23(20,21)18-12-17-19-15-6-3-4-7-16(15)22-17/h3-4,6-11,18H,2,5,12H2,1H3. The highest BCUT2D eigenvalue weighted by atomic mass is 32.2. The molecule has 0 unspecified atom stereocenters. The number of benzene rings is 2. The molecular weight excluding hydrogens is 328 g/mol. The van der Waals surface area contributed by atoms with E-state index in [2.05, 4.69) is 16.6 Å². The molecule has 0 saturated heterocycles. The lowest BCUT2D eigenvalue weighted by Gasteiger charge is -2.06. The molecule has 0 saturated carbocycles. The fourth-order valence-corrected chi connectivity index (χ4v) is 4.35. The number of nitrogens with zero attached hydrogens (tertiary/aromatic N) is 1. The Morgan fingerprint density at radius 1 is 1.09 bits per heavy atom. The predicted molar refractivity (Wildman–Crippen MR) is 94.1 cm³/mol. The third-order valence-corrected chi connectivity index (χ3v) is 5.98. The molecule has 1 N–H and O–H groups in total. The number of aryl methyl sites for hydroxylation is 1. The van der Waals surface area contributed by atoms with E-state index >= 15 is 0 Å². The average Bonchev–Trinajstić information content (AvgIpc) is 2.97. The molecule has 4 nitrogen and oxygen atoms in total. The van der Waals surface area contributed by atoms with Crippen molar-refractivity contribution in [2.24, 2.45) is 0 Å². The van der Waals surface area contributed by atoms with Crippen LogP contribution >= 0.6 is 11.3 Å². The quantitative estimate of drug-likeness (QED) is 0.740. The van der Waals surface area contributed by atoms with Crippen LogP contribution in [0.3, 0.4) is 0 Å². The summed E-state index contributed by atoms with van der Waals surface area (Å²) in [6, 6.07) is 14.8. The molecule has 0 amide bonds. The summed E-state index contributed by atoms with van der Waals surface area (Å²) in [5.41, 5.74) is 2.05. The summed E-state index contributed by atoms with van der Waals surface area (Å²) < 4.78 is 28.4. The molecule has 0 fully saturated rings. The van der Waals surface area contributed by atoms with Crippen LogP contribution in [0, 0.1) is 0 Å². The Balaban J connectivity index is 1.72. The molecule has 0 aliphatic heterocycles. The molecule has 0 aliphatic rings. The SMILES string of the molecule is CCCc1ccc(S(=O)(=O)NCc2nc3ccccc3s2)cc1. The zero-order chi connectivity index (χ0) is 16.3. The van der Waals surface area contributed by atoms with Gasteiger partial charge in [0.1, 0.15) is 5.01 Å². The number of fused-ring (bicyclic) bond motifs is 1. The maximum absolute atomic E-state index is 12.4. The van der Waals surface area contributed by atoms with E-state index < -0.39 is 10.0 Å². The lowest BCUT2D eigenvalue weighted by atomic mass is 10.1. The number of para-hydroxylation sites is 1. The second-order valence-electron chi connectivity index (χ2n) is 5.29. The highest BCUT2D eigenvalue weighted by Gasteiger charge is 2.14. The normalized spacial score (nSPS) is 11.9. The van der Waals surface area contributed by atoms with E-state index in [-0.39, 0.29) is 6.54 Å². The van der Waals surface area contributed by atoms with E-state index in [4.69, 9.17) is 0 Å². The molecule has 0 bridgehead atoms. The number of sulfonamides is 1. The molecule has 0 atom stereocenters. The second kappa shape index (κ2) is 6.78. The van der Waals surface area contributed by atoms with Crippen LogP contribution in [0.4, 0.5) is 0 Å². The number of hydrogen-bond donors (Lipinski definition) is 1. The average molecular weight is 346 g/mol. The third-order valence-electron chi connectivity index (χ3n) is 3.52. The molecule has 120 valence electrons. The summed E-state index contributed by atoms with van der Waals surface area (Å²) in [6.07, 6.45) is 2.00. The summed E-state index contributed by atoms with van der Waals surface area (Å²) in [6.45, 7) is 2.31. The topological polar surface area (TPSA) is 59.1 Å². The zero-order valence-electron chi connectivity index (χ0n) is 12.8. The molecular formula is C17H18N2O2S2. The highest BCUT2D eigenvalue weighted by molar-refractivity contribution is 7.89. The molecule has 0 spiro atoms. The number of hydrogen-bond acceptors (Lipinski definition) is 4. The Bertz CT molecular complexity index is 867. The van der Waals surface area contributed by atoms with Crippen molar-refractivity contribution in [3.63, 3.8) is 0 Å². The predicted octanol–water partition coefficient (Wildman–Crippen LogP) is 3.73. The Labute approximate surface area is 140 Å². The van der Waals surface area contributed by atoms with Crippen molar-refractivity contribution in [1.82, 2.24) is 9.71 Å². The van der Waals surface area contributed by atoms with Gasteiger partial charge in [0.15, 0.2) is 0 Å². The van der Waals surface area contributed by atoms with Gasteiger partial charge in [0.25, 0.3) is 0 Å². The minimum Gasteiger partial charge on any atom is -0.240 e. The molecule has 2 aromatic carbocycles. The summed E-state index contributed by atoms with van der Waals surface area (Å²) in [5.74, 6) is 0. The van der Waals surface area contributed by atoms with E-state index in [9.17, 15) is 8.42 Å². The van der Waals surface area contributed by atoms with Crippen LogP contribution in [0.2, 0.25) is 0 Å². The van der Waals surface area contributed by atoms with E-state index in [0.717, 1.165) is 33.6 Å². The number of rotatable bonds is 6. The van der Waals surface area contributed by atoms with Gasteiger partial charge in [-0.1, -0.05) is 37.6 Å². The van der Waals surface area contributed by atoms with Crippen molar-refractivity contribution in [2.45, 2.75) is 31.2 Å². The van der Waals surface area contributed by atoms with Crippen LogP contribution in [0.15, 0.2) is 53.4 Å². The fourth-order valence-electron chi connectivity index (χ4n) is 2.36. The lowest BCUT2D eigenvalue weighted by Crippen LogP contribution is -2.23. The minimum absolute atomic E-state index is 0.207. The second-order valence-corrected chi connectivity index (χ2v) is 8.18. The smallest absolute Gasteiger partial charge is 0.240 e. The van der Waals surface area contributed by atoms with Crippen molar-refractivity contribution in [1.29, 1.82) is 0 Å². The Morgan fingerprint density at radius 3 is 2.52 bits per heavy atom. The Hall–Kier alpha value is -1.76. The van der Waals surface area contributed by atoms with Gasteiger partial charge in [-0.2, -0.15) is 0 Å². The first kappa shape index (κ1) is 16.1. The van der Waals surface area contributed by atoms with Gasteiger partial charge in [0.05, 0.1) is 21.7 Å². The van der Waals surface area contributed by atoms with Gasteiger partial charge in [-0.05, 0) is 36.2 Å². The molecule has 3 rings (SSSR count). The van der Waals surface area contributed by atoms with Crippen LogP contribution in [0.1, 0.15) is 23.9 Å². The summed E-state index contributed by atoms with van der Waals surface area (Å²) in [7, 11) is -3.51. The van der Waals surface area contributed by atoms with Gasteiger partial charge in [-0.15, -0.1) is 11.3 Å². The molecule has 0 radical (unpaired) electrons. The van der Waals surface area contributed by atoms with Crippen LogP contribution in [0.25, 0.3) is 10.2 Å². The lowest BCUT2D eigenvalue weighted by molar-refractivity contribution is 0.581. The van der Waals surface area contributed by atoms with E-state index in [1.807, 2.05) is 36.4 Å². The van der Waals surface area contributed by atoms with Crippen molar-refractivity contribution in [3.05, 3.63) is 59.1 Å². The third kappa shape index (κ3) is 3.77. The molecule has 3 aromatic rings. The molecule has 1 aromatic heterocycles. The first-order valence-electron chi connectivity index (χ1n) is 7.51. The number of aromatic nitrogens is 1. The van der Waals surface area contributed by atoms with Gasteiger partial charge >= 0.3 is 0 Å². The van der Waals surface area contributed by atoms with E-state index in [1.54, 1.807) is 12.1 Å². The van der Waals surface area contributed by atoms with Crippen LogP contribution in [0.5, 0.6) is 0 Å². The minimum atomic E-state index is -3.51. The highest BCUT2D eigenvalue weighted by Crippen LogP contribution is 2.22. The van der Waals surface area contributed by atoms with E-state index in [1.165, 1.54) is 11.3 Å². The zero-order valence-corrected chi connectivity index (χ0v) is 14.5. The first-order valence-corrected chi connectivity index (χ1v) is 9.81. The van der Waals surface area contributed by atoms with Crippen molar-refractivity contribution < 1.29 is 8.42 Å². The van der Waals surface area contributed by atoms with Gasteiger partial charge in [-0.25, -0.2) is 18.1 Å². The summed E-state index contributed by atoms with van der Waals surface area (Å²) in [4.78, 5) is 4.73. The maximum Gasteiger partial charge on any atom is 0.240 e. The fraction of sp³-hybridized carbons (Fsp3) is 0.235. The first-order chi connectivity index (χ1) is 11.1. The molecule has 0 aliphatic carbocycles. The van der Waals surface area contributed by atoms with Crippen LogP contribution < -0.4 is 4.72 Å². The monoisotopic (exact) mass is 346 g/mol. The maximum atomic E-state index is 12.4. The van der Waals surface area contributed by atoms with Gasteiger partial charge in [-0.3, -0.25) is 0 Å². The van der Waals surface area contributed by atoms with Crippen LogP contribution in [-0.4, -0.2) is 13.4 Å². The van der Waals surface area contributed by atoms with Crippen LogP contribution in [-0.2, 0) is 23.0 Å². The molecule has 6 heteroatoms. The molecule has 1 heterocycles. The summed E-state index contributed by atoms with van der Waals surface area (Å²) >= 11 is 1.50. The summed E-state index contributed by atoms with van der Waals surface area (Å²) in [5, 5.41) is 0.761. The van der Waals surface area contributed by atoms with Gasteiger partial charge in [0.2, 0.25) is 10.0 Å². The Morgan fingerprint density at radius 2 is 1.83 bits per heavy atom. The Kier molecular flexibility index (Phi) is 4.75. The largest absolute Gasteiger partial charge is 0.240 e. The number of nitrogens with one attached hydrogen (secondary N) is 1. The van der Waals surface area contributed by atoms with Gasteiger partial charge in [0, 0.05) is 0 Å².